The Labute approximate surface area is 112 Å². The van der Waals surface area contributed by atoms with E-state index in [1.807, 2.05) is 13.8 Å². The first-order valence-corrected chi connectivity index (χ1v) is 6.58. The molecule has 2 nitrogen and oxygen atoms in total. The zero-order valence-corrected chi connectivity index (χ0v) is 11.4. The summed E-state index contributed by atoms with van der Waals surface area (Å²) in [6.07, 6.45) is 1.19. The second-order valence-electron chi connectivity index (χ2n) is 5.27. The fraction of sp³-hybridized carbons (Fsp3) is 0.571. The van der Waals surface area contributed by atoms with E-state index >= 15 is 0 Å². The number of hydrogen-bond donors (Lipinski definition) is 1. The number of aliphatic hydroxyl groups is 1. The van der Waals surface area contributed by atoms with Crippen LogP contribution in [0, 0.1) is 5.82 Å². The van der Waals surface area contributed by atoms with Crippen LogP contribution in [0.25, 0.3) is 0 Å². The molecule has 0 aromatic heterocycles. The largest absolute Gasteiger partial charge is 0.389 e. The van der Waals surface area contributed by atoms with Crippen molar-refractivity contribution in [3.05, 3.63) is 34.6 Å². The smallest absolute Gasteiger partial charge is 0.127 e. The second kappa shape index (κ2) is 5.16. The first-order chi connectivity index (χ1) is 8.39. The lowest BCUT2D eigenvalue weighted by molar-refractivity contribution is -0.131. The van der Waals surface area contributed by atoms with Crippen LogP contribution >= 0.6 is 11.6 Å². The molecule has 100 valence electrons. The Bertz CT molecular complexity index is 406. The molecule has 1 aliphatic rings. The van der Waals surface area contributed by atoms with Crippen LogP contribution in [0.5, 0.6) is 0 Å². The van der Waals surface area contributed by atoms with E-state index in [1.54, 1.807) is 12.1 Å². The zero-order valence-electron chi connectivity index (χ0n) is 10.6. The minimum atomic E-state index is -0.942. The maximum Gasteiger partial charge on any atom is 0.127 e. The molecular weight excluding hydrogens is 255 g/mol. The number of halogens is 2. The molecule has 1 N–H and O–H groups in total. The van der Waals surface area contributed by atoms with E-state index in [9.17, 15) is 9.50 Å². The molecule has 4 heteroatoms. The zero-order chi connectivity index (χ0) is 13.3. The van der Waals surface area contributed by atoms with Crippen LogP contribution in [-0.2, 0) is 11.2 Å². The number of hydrogen-bond acceptors (Lipinski definition) is 2. The molecule has 0 amide bonds. The Morgan fingerprint density at radius 3 is 2.56 bits per heavy atom. The Balaban J connectivity index is 2.22. The van der Waals surface area contributed by atoms with Crippen LogP contribution in [0.15, 0.2) is 18.2 Å². The minimum Gasteiger partial charge on any atom is -0.389 e. The Kier molecular flexibility index (Phi) is 3.95. The van der Waals surface area contributed by atoms with E-state index in [-0.39, 0.29) is 24.4 Å². The van der Waals surface area contributed by atoms with Crippen LogP contribution in [0.2, 0.25) is 5.02 Å². The molecule has 18 heavy (non-hydrogen) atoms. The minimum absolute atomic E-state index is 0.0238. The van der Waals surface area contributed by atoms with Gasteiger partial charge in [-0.3, -0.25) is 0 Å². The molecule has 0 radical (unpaired) electrons. The normalized spacial score (nSPS) is 32.5. The Hall–Kier alpha value is -0.640. The summed E-state index contributed by atoms with van der Waals surface area (Å²) in [5, 5.41) is 11.0. The van der Waals surface area contributed by atoms with Crippen molar-refractivity contribution in [2.45, 2.75) is 50.9 Å². The molecular formula is C14H18ClFO2. The maximum absolute atomic E-state index is 13.7. The molecule has 2 unspecified atom stereocenters. The standard InChI is InChI=1S/C14H18ClFO2/c1-9-6-14(17,7-10(2)18-9)8-11-12(15)4-3-5-13(11)16/h3-5,9-10,17H,6-8H2,1-2H3. The average molecular weight is 273 g/mol. The van der Waals surface area contributed by atoms with Gasteiger partial charge in [-0.05, 0) is 26.0 Å². The molecule has 0 aliphatic carbocycles. The molecule has 2 atom stereocenters. The SMILES string of the molecule is CC1CC(O)(Cc2c(F)cccc2Cl)CC(C)O1. The first-order valence-electron chi connectivity index (χ1n) is 6.20. The summed E-state index contributed by atoms with van der Waals surface area (Å²) in [6.45, 7) is 3.84. The topological polar surface area (TPSA) is 29.5 Å². The lowest BCUT2D eigenvalue weighted by atomic mass is 9.82. The van der Waals surface area contributed by atoms with Crippen LogP contribution < -0.4 is 0 Å². The molecule has 0 saturated carbocycles. The highest BCUT2D eigenvalue weighted by molar-refractivity contribution is 6.31. The predicted octanol–water partition coefficient (Wildman–Crippen LogP) is 3.34. The van der Waals surface area contributed by atoms with E-state index in [0.29, 0.717) is 23.4 Å². The highest BCUT2D eigenvalue weighted by Gasteiger charge is 2.37. The van der Waals surface area contributed by atoms with Crippen molar-refractivity contribution < 1.29 is 14.2 Å². The van der Waals surface area contributed by atoms with Crippen LogP contribution in [0.1, 0.15) is 32.3 Å². The van der Waals surface area contributed by atoms with Crippen molar-refractivity contribution in [1.29, 1.82) is 0 Å². The van der Waals surface area contributed by atoms with Crippen LogP contribution in [-0.4, -0.2) is 22.9 Å². The number of ether oxygens (including phenoxy) is 1. The van der Waals surface area contributed by atoms with Crippen LogP contribution in [0.4, 0.5) is 4.39 Å². The van der Waals surface area contributed by atoms with Gasteiger partial charge in [0.15, 0.2) is 0 Å². The van der Waals surface area contributed by atoms with Crippen molar-refractivity contribution in [2.75, 3.05) is 0 Å². The highest BCUT2D eigenvalue weighted by atomic mass is 35.5. The van der Waals surface area contributed by atoms with Gasteiger partial charge >= 0.3 is 0 Å². The van der Waals surface area contributed by atoms with Crippen LogP contribution in [0.3, 0.4) is 0 Å². The third-order valence-electron chi connectivity index (χ3n) is 3.37. The molecule has 1 aromatic rings. The summed E-state index contributed by atoms with van der Waals surface area (Å²) < 4.78 is 19.3. The van der Waals surface area contributed by atoms with Gasteiger partial charge in [0.1, 0.15) is 5.82 Å². The predicted molar refractivity (Wildman–Crippen MR) is 69.3 cm³/mol. The molecule has 1 saturated heterocycles. The van der Waals surface area contributed by atoms with E-state index in [2.05, 4.69) is 0 Å². The monoisotopic (exact) mass is 272 g/mol. The average Bonchev–Trinajstić information content (AvgIpc) is 2.21. The van der Waals surface area contributed by atoms with Gasteiger partial charge < -0.3 is 9.84 Å². The maximum atomic E-state index is 13.7. The quantitative estimate of drug-likeness (QED) is 0.895. The Morgan fingerprint density at radius 2 is 2.00 bits per heavy atom. The fourth-order valence-corrected chi connectivity index (χ4v) is 3.05. The highest BCUT2D eigenvalue weighted by Crippen LogP contribution is 2.34. The molecule has 0 spiro atoms. The van der Waals surface area contributed by atoms with Gasteiger partial charge in [0, 0.05) is 29.8 Å². The van der Waals surface area contributed by atoms with E-state index in [4.69, 9.17) is 16.3 Å². The van der Waals surface area contributed by atoms with Crippen molar-refractivity contribution in [1.82, 2.24) is 0 Å². The first kappa shape index (κ1) is 13.8. The van der Waals surface area contributed by atoms with Crippen molar-refractivity contribution in [2.24, 2.45) is 0 Å². The summed E-state index contributed by atoms with van der Waals surface area (Å²) in [7, 11) is 0. The van der Waals surface area contributed by atoms with E-state index in [1.165, 1.54) is 6.07 Å². The van der Waals surface area contributed by atoms with Crippen molar-refractivity contribution in [3.63, 3.8) is 0 Å². The summed E-state index contributed by atoms with van der Waals surface area (Å²) in [5.41, 5.74) is -0.550. The number of rotatable bonds is 2. The lowest BCUT2D eigenvalue weighted by Crippen LogP contribution is -2.45. The summed E-state index contributed by atoms with van der Waals surface area (Å²) in [5.74, 6) is -0.359. The molecule has 2 rings (SSSR count). The van der Waals surface area contributed by atoms with Gasteiger partial charge in [0.2, 0.25) is 0 Å². The van der Waals surface area contributed by atoms with Gasteiger partial charge in [0.05, 0.1) is 17.8 Å². The summed E-state index contributed by atoms with van der Waals surface area (Å²) >= 11 is 6.00. The molecule has 1 heterocycles. The summed E-state index contributed by atoms with van der Waals surface area (Å²) in [6, 6.07) is 4.59. The second-order valence-corrected chi connectivity index (χ2v) is 5.67. The van der Waals surface area contributed by atoms with Gasteiger partial charge in [-0.1, -0.05) is 17.7 Å². The van der Waals surface area contributed by atoms with E-state index < -0.39 is 5.60 Å². The number of benzene rings is 1. The third kappa shape index (κ3) is 3.02. The third-order valence-corrected chi connectivity index (χ3v) is 3.72. The lowest BCUT2D eigenvalue weighted by Gasteiger charge is -2.39. The van der Waals surface area contributed by atoms with Gasteiger partial charge in [-0.15, -0.1) is 0 Å². The van der Waals surface area contributed by atoms with Gasteiger partial charge in [-0.25, -0.2) is 4.39 Å². The molecule has 1 aliphatic heterocycles. The van der Waals surface area contributed by atoms with Crippen molar-refractivity contribution in [3.8, 4) is 0 Å². The molecule has 1 aromatic carbocycles. The van der Waals surface area contributed by atoms with Gasteiger partial charge in [0.25, 0.3) is 0 Å². The van der Waals surface area contributed by atoms with Gasteiger partial charge in [-0.2, -0.15) is 0 Å². The molecule has 1 fully saturated rings. The van der Waals surface area contributed by atoms with E-state index in [0.717, 1.165) is 0 Å². The Morgan fingerprint density at radius 1 is 1.39 bits per heavy atom. The van der Waals surface area contributed by atoms with Crippen molar-refractivity contribution >= 4 is 11.6 Å². The fourth-order valence-electron chi connectivity index (χ4n) is 2.82. The molecule has 0 bridgehead atoms. The summed E-state index contributed by atoms with van der Waals surface area (Å²) in [4.78, 5) is 0.